The number of nitrogens with one attached hydrogen (secondary N) is 1. The van der Waals surface area contributed by atoms with Crippen LogP contribution in [0.5, 0.6) is 11.5 Å². The topological polar surface area (TPSA) is 56.3 Å². The van der Waals surface area contributed by atoms with Crippen molar-refractivity contribution in [1.82, 2.24) is 9.97 Å². The van der Waals surface area contributed by atoms with Gasteiger partial charge in [-0.2, -0.15) is 0 Å². The normalized spacial score (nSPS) is 10.8. The molecule has 0 saturated carbocycles. The minimum Gasteiger partial charge on any atom is -0.497 e. The Hall–Kier alpha value is -3.02. The van der Waals surface area contributed by atoms with Crippen LogP contribution in [0, 0.1) is 0 Å². The van der Waals surface area contributed by atoms with Crippen molar-refractivity contribution in [3.05, 3.63) is 70.7 Å². The number of benzene rings is 3. The van der Waals surface area contributed by atoms with Crippen molar-refractivity contribution in [3.8, 4) is 22.9 Å². The van der Waals surface area contributed by atoms with Crippen molar-refractivity contribution in [3.63, 3.8) is 0 Å². The van der Waals surface area contributed by atoms with Gasteiger partial charge < -0.3 is 14.8 Å². The van der Waals surface area contributed by atoms with E-state index in [2.05, 4.69) is 10.3 Å². The summed E-state index contributed by atoms with van der Waals surface area (Å²) in [6, 6.07) is 18.6. The molecule has 4 rings (SSSR count). The van der Waals surface area contributed by atoms with E-state index in [1.54, 1.807) is 26.4 Å². The van der Waals surface area contributed by atoms with Crippen LogP contribution in [-0.4, -0.2) is 24.2 Å². The maximum absolute atomic E-state index is 6.19. The first-order valence-corrected chi connectivity index (χ1v) is 9.56. The molecule has 3 aromatic carbocycles. The molecule has 1 N–H and O–H groups in total. The molecule has 1 heterocycles. The van der Waals surface area contributed by atoms with Crippen LogP contribution < -0.4 is 14.8 Å². The number of halogens is 2. The molecule has 0 radical (unpaired) electrons. The Balaban J connectivity index is 1.86. The van der Waals surface area contributed by atoms with E-state index < -0.39 is 0 Å². The molecule has 1 aromatic heterocycles. The molecule has 0 aliphatic carbocycles. The van der Waals surface area contributed by atoms with Crippen LogP contribution >= 0.6 is 23.2 Å². The van der Waals surface area contributed by atoms with Crippen LogP contribution in [0.2, 0.25) is 10.0 Å². The van der Waals surface area contributed by atoms with Gasteiger partial charge in [-0.15, -0.1) is 0 Å². The monoisotopic (exact) mass is 425 g/mol. The molecule has 29 heavy (non-hydrogen) atoms. The highest BCUT2D eigenvalue weighted by Gasteiger charge is 2.13. The van der Waals surface area contributed by atoms with Crippen molar-refractivity contribution in [2.45, 2.75) is 0 Å². The van der Waals surface area contributed by atoms with Crippen LogP contribution in [-0.2, 0) is 0 Å². The standard InChI is InChI=1S/C22H17Cl2N3O2/c1-28-14-8-10-20(29-2)19(12-14)26-22-15-5-3-4-6-18(15)25-21(27-22)13-7-9-16(23)17(24)11-13/h3-12H,1-2H3,(H,25,26,27). The predicted octanol–water partition coefficient (Wildman–Crippen LogP) is 6.36. The molecule has 146 valence electrons. The van der Waals surface area contributed by atoms with E-state index in [0.29, 0.717) is 33.2 Å². The zero-order chi connectivity index (χ0) is 20.4. The Morgan fingerprint density at radius 3 is 2.41 bits per heavy atom. The minimum absolute atomic E-state index is 0.449. The van der Waals surface area contributed by atoms with Crippen LogP contribution in [0.15, 0.2) is 60.7 Å². The molecule has 0 fully saturated rings. The number of anilines is 2. The van der Waals surface area contributed by atoms with Crippen LogP contribution in [0.3, 0.4) is 0 Å². The van der Waals surface area contributed by atoms with E-state index >= 15 is 0 Å². The maximum Gasteiger partial charge on any atom is 0.162 e. The summed E-state index contributed by atoms with van der Waals surface area (Å²) in [5.41, 5.74) is 2.30. The molecule has 0 atom stereocenters. The fourth-order valence-corrected chi connectivity index (χ4v) is 3.27. The Labute approximate surface area is 178 Å². The third-order valence-electron chi connectivity index (χ3n) is 4.44. The SMILES string of the molecule is COc1ccc(OC)c(Nc2nc(-c3ccc(Cl)c(Cl)c3)nc3ccccc23)c1. The smallest absolute Gasteiger partial charge is 0.162 e. The van der Waals surface area contributed by atoms with E-state index in [-0.39, 0.29) is 0 Å². The van der Waals surface area contributed by atoms with Gasteiger partial charge in [0.1, 0.15) is 17.3 Å². The van der Waals surface area contributed by atoms with Gasteiger partial charge in [-0.25, -0.2) is 9.97 Å². The van der Waals surface area contributed by atoms with Crippen molar-refractivity contribution in [2.24, 2.45) is 0 Å². The van der Waals surface area contributed by atoms with Crippen molar-refractivity contribution in [1.29, 1.82) is 0 Å². The number of aromatic nitrogens is 2. The molecule has 0 aliphatic heterocycles. The Morgan fingerprint density at radius 2 is 1.66 bits per heavy atom. The first-order valence-electron chi connectivity index (χ1n) is 8.80. The number of hydrogen-bond donors (Lipinski definition) is 1. The molecular formula is C22H17Cl2N3O2. The van der Waals surface area contributed by atoms with Crippen LogP contribution in [0.4, 0.5) is 11.5 Å². The summed E-state index contributed by atoms with van der Waals surface area (Å²) in [6.45, 7) is 0. The van der Waals surface area contributed by atoms with Gasteiger partial charge in [0.25, 0.3) is 0 Å². The summed E-state index contributed by atoms with van der Waals surface area (Å²) in [7, 11) is 3.24. The third-order valence-corrected chi connectivity index (χ3v) is 5.18. The van der Waals surface area contributed by atoms with Gasteiger partial charge in [0.05, 0.1) is 35.5 Å². The average Bonchev–Trinajstić information content (AvgIpc) is 2.75. The van der Waals surface area contributed by atoms with Gasteiger partial charge in [0.2, 0.25) is 0 Å². The van der Waals surface area contributed by atoms with Crippen LogP contribution in [0.25, 0.3) is 22.3 Å². The summed E-state index contributed by atoms with van der Waals surface area (Å²) in [5, 5.41) is 5.17. The van der Waals surface area contributed by atoms with Gasteiger partial charge in [0, 0.05) is 17.0 Å². The van der Waals surface area contributed by atoms with Crippen LogP contribution in [0.1, 0.15) is 0 Å². The highest BCUT2D eigenvalue weighted by molar-refractivity contribution is 6.42. The van der Waals surface area contributed by atoms with E-state index in [0.717, 1.165) is 22.2 Å². The molecule has 0 spiro atoms. The number of hydrogen-bond acceptors (Lipinski definition) is 5. The number of fused-ring (bicyclic) bond motifs is 1. The second-order valence-corrected chi connectivity index (χ2v) is 7.05. The molecule has 7 heteroatoms. The molecule has 0 bridgehead atoms. The first-order chi connectivity index (χ1) is 14.1. The molecule has 0 amide bonds. The second-order valence-electron chi connectivity index (χ2n) is 6.23. The second kappa shape index (κ2) is 8.15. The molecule has 0 unspecified atom stereocenters. The van der Waals surface area contributed by atoms with Gasteiger partial charge in [-0.05, 0) is 42.5 Å². The van der Waals surface area contributed by atoms with E-state index in [4.69, 9.17) is 37.7 Å². The Morgan fingerprint density at radius 1 is 0.828 bits per heavy atom. The fourth-order valence-electron chi connectivity index (χ4n) is 2.98. The lowest BCUT2D eigenvalue weighted by atomic mass is 10.1. The summed E-state index contributed by atoms with van der Waals surface area (Å²) in [5.74, 6) is 2.55. The zero-order valence-corrected chi connectivity index (χ0v) is 17.3. The predicted molar refractivity (Wildman–Crippen MR) is 118 cm³/mol. The molecule has 0 aliphatic rings. The lowest BCUT2D eigenvalue weighted by Gasteiger charge is -2.14. The molecule has 0 saturated heterocycles. The number of methoxy groups -OCH3 is 2. The number of nitrogens with zero attached hydrogens (tertiary/aromatic N) is 2. The maximum atomic E-state index is 6.19. The average molecular weight is 426 g/mol. The summed E-state index contributed by atoms with van der Waals surface area (Å²) < 4.78 is 10.8. The third kappa shape index (κ3) is 3.92. The van der Waals surface area contributed by atoms with E-state index in [9.17, 15) is 0 Å². The highest BCUT2D eigenvalue weighted by Crippen LogP contribution is 2.34. The number of para-hydroxylation sites is 1. The summed E-state index contributed by atoms with van der Waals surface area (Å²) >= 11 is 12.2. The van der Waals surface area contributed by atoms with E-state index in [1.165, 1.54) is 0 Å². The number of rotatable bonds is 5. The van der Waals surface area contributed by atoms with E-state index in [1.807, 2.05) is 48.5 Å². The quantitative estimate of drug-likeness (QED) is 0.402. The fraction of sp³-hybridized carbons (Fsp3) is 0.0909. The lowest BCUT2D eigenvalue weighted by molar-refractivity contribution is 0.405. The van der Waals surface area contributed by atoms with Crippen molar-refractivity contribution in [2.75, 3.05) is 19.5 Å². The Kier molecular flexibility index (Phi) is 5.43. The molecule has 4 aromatic rings. The van der Waals surface area contributed by atoms with Gasteiger partial charge in [-0.1, -0.05) is 35.3 Å². The lowest BCUT2D eigenvalue weighted by Crippen LogP contribution is -2.01. The number of ether oxygens (including phenoxy) is 2. The van der Waals surface area contributed by atoms with Gasteiger partial charge in [0.15, 0.2) is 5.82 Å². The molecule has 5 nitrogen and oxygen atoms in total. The largest absolute Gasteiger partial charge is 0.497 e. The minimum atomic E-state index is 0.449. The molecular weight excluding hydrogens is 409 g/mol. The van der Waals surface area contributed by atoms with Crippen molar-refractivity contribution >= 4 is 45.6 Å². The van der Waals surface area contributed by atoms with Crippen molar-refractivity contribution < 1.29 is 9.47 Å². The Bertz CT molecular complexity index is 1200. The first kappa shape index (κ1) is 19.3. The highest BCUT2D eigenvalue weighted by atomic mass is 35.5. The summed E-state index contributed by atoms with van der Waals surface area (Å²) in [4.78, 5) is 9.43. The zero-order valence-electron chi connectivity index (χ0n) is 15.7. The van der Waals surface area contributed by atoms with Gasteiger partial charge in [-0.3, -0.25) is 0 Å². The van der Waals surface area contributed by atoms with Gasteiger partial charge >= 0.3 is 0 Å². The summed E-state index contributed by atoms with van der Waals surface area (Å²) in [6.07, 6.45) is 0.